The van der Waals surface area contributed by atoms with Gasteiger partial charge < -0.3 is 14.8 Å². The molecule has 0 aromatic heterocycles. The summed E-state index contributed by atoms with van der Waals surface area (Å²) in [6.07, 6.45) is 8.09. The molecule has 0 heterocycles. The number of hydrogen-bond acceptors (Lipinski definition) is 3. The van der Waals surface area contributed by atoms with Gasteiger partial charge in [-0.05, 0) is 36.1 Å². The molecule has 0 atom stereocenters. The zero-order valence-electron chi connectivity index (χ0n) is 15.2. The van der Waals surface area contributed by atoms with Crippen molar-refractivity contribution < 1.29 is 9.47 Å². The molecule has 0 aliphatic heterocycles. The van der Waals surface area contributed by atoms with Crippen LogP contribution < -0.4 is 14.8 Å². The highest BCUT2D eigenvalue weighted by atomic mass is 16.5. The van der Waals surface area contributed by atoms with E-state index in [1.807, 2.05) is 24.3 Å². The second-order valence-corrected chi connectivity index (χ2v) is 6.83. The monoisotopic (exact) mass is 339 g/mol. The van der Waals surface area contributed by atoms with Gasteiger partial charge in [-0.15, -0.1) is 0 Å². The third kappa shape index (κ3) is 5.50. The van der Waals surface area contributed by atoms with Gasteiger partial charge in [-0.2, -0.15) is 0 Å². The van der Waals surface area contributed by atoms with Crippen LogP contribution >= 0.6 is 0 Å². The van der Waals surface area contributed by atoms with E-state index in [1.165, 1.54) is 44.1 Å². The van der Waals surface area contributed by atoms with Crippen molar-refractivity contribution in [3.63, 3.8) is 0 Å². The Hall–Kier alpha value is -2.00. The molecule has 134 valence electrons. The Morgan fingerprint density at radius 1 is 0.880 bits per heavy atom. The summed E-state index contributed by atoms with van der Waals surface area (Å²) in [5.74, 6) is 1.60. The van der Waals surface area contributed by atoms with E-state index >= 15 is 0 Å². The van der Waals surface area contributed by atoms with Crippen LogP contribution in [0.3, 0.4) is 0 Å². The largest absolute Gasteiger partial charge is 0.493 e. The summed E-state index contributed by atoms with van der Waals surface area (Å²) in [5, 5.41) is 3.71. The van der Waals surface area contributed by atoms with Gasteiger partial charge in [-0.3, -0.25) is 0 Å². The van der Waals surface area contributed by atoms with Gasteiger partial charge >= 0.3 is 0 Å². The van der Waals surface area contributed by atoms with E-state index in [0.29, 0.717) is 12.6 Å². The lowest BCUT2D eigenvalue weighted by atomic mass is 10.1. The lowest BCUT2D eigenvalue weighted by molar-refractivity contribution is 0.284. The molecule has 1 saturated carbocycles. The van der Waals surface area contributed by atoms with Crippen molar-refractivity contribution in [1.29, 1.82) is 0 Å². The van der Waals surface area contributed by atoms with Crippen LogP contribution in [0, 0.1) is 0 Å². The molecule has 3 heteroatoms. The summed E-state index contributed by atoms with van der Waals surface area (Å²) in [7, 11) is 1.70. The van der Waals surface area contributed by atoms with Gasteiger partial charge in [-0.25, -0.2) is 0 Å². The van der Waals surface area contributed by atoms with Crippen molar-refractivity contribution in [3.05, 3.63) is 59.7 Å². The Balaban J connectivity index is 1.57. The number of rotatable bonds is 7. The van der Waals surface area contributed by atoms with Gasteiger partial charge in [0.2, 0.25) is 0 Å². The van der Waals surface area contributed by atoms with Crippen LogP contribution in [0.1, 0.15) is 49.7 Å². The normalized spacial score (nSPS) is 15.6. The van der Waals surface area contributed by atoms with Crippen molar-refractivity contribution in [2.24, 2.45) is 0 Å². The minimum Gasteiger partial charge on any atom is -0.493 e. The van der Waals surface area contributed by atoms with Crippen LogP contribution in [-0.4, -0.2) is 13.2 Å². The SMILES string of the molecule is COc1cc(CNC2CCCCCC2)ccc1OCc1ccccc1. The number of hydrogen-bond donors (Lipinski definition) is 1. The smallest absolute Gasteiger partial charge is 0.161 e. The van der Waals surface area contributed by atoms with Crippen molar-refractivity contribution in [1.82, 2.24) is 5.32 Å². The Morgan fingerprint density at radius 3 is 2.36 bits per heavy atom. The van der Waals surface area contributed by atoms with Crippen LogP contribution in [0.4, 0.5) is 0 Å². The van der Waals surface area contributed by atoms with Gasteiger partial charge in [0.15, 0.2) is 11.5 Å². The molecule has 1 aliphatic rings. The first kappa shape index (κ1) is 17.8. The third-order valence-corrected chi connectivity index (χ3v) is 4.92. The first-order chi connectivity index (χ1) is 12.3. The van der Waals surface area contributed by atoms with Gasteiger partial charge in [0.25, 0.3) is 0 Å². The number of ether oxygens (including phenoxy) is 2. The summed E-state index contributed by atoms with van der Waals surface area (Å²) >= 11 is 0. The lowest BCUT2D eigenvalue weighted by Gasteiger charge is -2.17. The molecule has 0 bridgehead atoms. The molecular formula is C22H29NO2. The quantitative estimate of drug-likeness (QED) is 0.713. The van der Waals surface area contributed by atoms with E-state index in [9.17, 15) is 0 Å². The maximum Gasteiger partial charge on any atom is 0.161 e. The predicted octanol–water partition coefficient (Wildman–Crippen LogP) is 5.09. The lowest BCUT2D eigenvalue weighted by Crippen LogP contribution is -2.27. The van der Waals surface area contributed by atoms with Crippen molar-refractivity contribution in [2.45, 2.75) is 57.7 Å². The van der Waals surface area contributed by atoms with Crippen LogP contribution in [0.25, 0.3) is 0 Å². The van der Waals surface area contributed by atoms with Crippen LogP contribution in [0.2, 0.25) is 0 Å². The summed E-state index contributed by atoms with van der Waals surface area (Å²) in [6.45, 7) is 1.44. The van der Waals surface area contributed by atoms with E-state index in [2.05, 4.69) is 29.6 Å². The third-order valence-electron chi connectivity index (χ3n) is 4.92. The van der Waals surface area contributed by atoms with Gasteiger partial charge in [-0.1, -0.05) is 62.1 Å². The molecule has 2 aromatic rings. The zero-order chi connectivity index (χ0) is 17.3. The maximum absolute atomic E-state index is 5.93. The second kappa shape index (κ2) is 9.47. The Bertz CT molecular complexity index is 634. The molecule has 0 saturated heterocycles. The van der Waals surface area contributed by atoms with Gasteiger partial charge in [0.05, 0.1) is 7.11 Å². The minimum absolute atomic E-state index is 0.552. The summed E-state index contributed by atoms with van der Waals surface area (Å²) in [5.41, 5.74) is 2.40. The highest BCUT2D eigenvalue weighted by molar-refractivity contribution is 5.43. The highest BCUT2D eigenvalue weighted by Gasteiger charge is 2.12. The second-order valence-electron chi connectivity index (χ2n) is 6.83. The van der Waals surface area contributed by atoms with Gasteiger partial charge in [0.1, 0.15) is 6.61 Å². The maximum atomic E-state index is 5.93. The average Bonchev–Trinajstić information content (AvgIpc) is 2.94. The molecule has 0 amide bonds. The molecule has 1 fully saturated rings. The minimum atomic E-state index is 0.552. The summed E-state index contributed by atoms with van der Waals surface area (Å²) in [6, 6.07) is 17.1. The Morgan fingerprint density at radius 2 is 1.64 bits per heavy atom. The Labute approximate surface area is 151 Å². The molecular weight excluding hydrogens is 310 g/mol. The van der Waals surface area contributed by atoms with E-state index in [-0.39, 0.29) is 0 Å². The molecule has 0 spiro atoms. The van der Waals surface area contributed by atoms with Crippen molar-refractivity contribution in [2.75, 3.05) is 7.11 Å². The molecule has 3 nitrogen and oxygen atoms in total. The summed E-state index contributed by atoms with van der Waals surface area (Å²) in [4.78, 5) is 0. The van der Waals surface area contributed by atoms with Crippen LogP contribution in [-0.2, 0) is 13.2 Å². The molecule has 0 radical (unpaired) electrons. The Kier molecular flexibility index (Phi) is 6.75. The average molecular weight is 339 g/mol. The number of benzene rings is 2. The summed E-state index contributed by atoms with van der Waals surface area (Å²) < 4.78 is 11.5. The fraction of sp³-hybridized carbons (Fsp3) is 0.455. The molecule has 1 N–H and O–H groups in total. The first-order valence-electron chi connectivity index (χ1n) is 9.42. The molecule has 2 aromatic carbocycles. The van der Waals surface area contributed by atoms with E-state index < -0.39 is 0 Å². The predicted molar refractivity (Wildman–Crippen MR) is 102 cm³/mol. The van der Waals surface area contributed by atoms with Crippen LogP contribution in [0.5, 0.6) is 11.5 Å². The zero-order valence-corrected chi connectivity index (χ0v) is 15.2. The van der Waals surface area contributed by atoms with Gasteiger partial charge in [0, 0.05) is 12.6 Å². The first-order valence-corrected chi connectivity index (χ1v) is 9.42. The highest BCUT2D eigenvalue weighted by Crippen LogP contribution is 2.29. The van der Waals surface area contributed by atoms with Crippen molar-refractivity contribution >= 4 is 0 Å². The fourth-order valence-corrected chi connectivity index (χ4v) is 3.42. The molecule has 3 rings (SSSR count). The topological polar surface area (TPSA) is 30.5 Å². The van der Waals surface area contributed by atoms with E-state index in [1.54, 1.807) is 7.11 Å². The van der Waals surface area contributed by atoms with E-state index in [4.69, 9.17) is 9.47 Å². The standard InChI is InChI=1S/C22H29NO2/c1-24-22-15-19(16-23-20-11-7-2-3-8-12-20)13-14-21(22)25-17-18-9-5-4-6-10-18/h4-6,9-10,13-15,20,23H,2-3,7-8,11-12,16-17H2,1H3. The molecule has 1 aliphatic carbocycles. The van der Waals surface area contributed by atoms with Crippen molar-refractivity contribution in [3.8, 4) is 11.5 Å². The van der Waals surface area contributed by atoms with E-state index in [0.717, 1.165) is 23.6 Å². The van der Waals surface area contributed by atoms with Crippen LogP contribution in [0.15, 0.2) is 48.5 Å². The fourth-order valence-electron chi connectivity index (χ4n) is 3.42. The molecule has 0 unspecified atom stereocenters. The molecule has 25 heavy (non-hydrogen) atoms. The number of methoxy groups -OCH3 is 1. The number of nitrogens with one attached hydrogen (secondary N) is 1.